The van der Waals surface area contributed by atoms with Gasteiger partial charge in [-0.3, -0.25) is 9.59 Å². The van der Waals surface area contributed by atoms with Gasteiger partial charge in [0.05, 0.1) is 41.1 Å². The number of likely N-dealkylation sites (tertiary alicyclic amines) is 1. The smallest absolute Gasteiger partial charge is 0.255 e. The Morgan fingerprint density at radius 1 is 1.43 bits per heavy atom. The Bertz CT molecular complexity index is 1450. The van der Waals surface area contributed by atoms with Crippen molar-refractivity contribution in [2.24, 2.45) is 5.73 Å². The Kier molecular flexibility index (Phi) is 7.52. The lowest BCUT2D eigenvalue weighted by Gasteiger charge is -2.22. The molecule has 1 aliphatic heterocycles. The van der Waals surface area contributed by atoms with Gasteiger partial charge in [-0.25, -0.2) is 14.1 Å². The number of aryl methyl sites for hydroxylation is 1. The van der Waals surface area contributed by atoms with E-state index in [0.717, 1.165) is 0 Å². The molecule has 37 heavy (non-hydrogen) atoms. The van der Waals surface area contributed by atoms with E-state index in [4.69, 9.17) is 22.1 Å². The number of nitrogens with one attached hydrogen (secondary N) is 1. The van der Waals surface area contributed by atoms with E-state index < -0.39 is 11.7 Å². The SMILES string of the molecule is C=CC(=O)N1CC(n2nc(C#Cc3c(Cl)cc4c(ncn4CC)c3F)c(C(N)=O)c2NC)C[C@@H]1COC. The van der Waals surface area contributed by atoms with Crippen LogP contribution in [0.4, 0.5) is 10.2 Å². The molecule has 10 nitrogen and oxygen atoms in total. The molecule has 3 N–H and O–H groups in total. The first-order valence-electron chi connectivity index (χ1n) is 11.6. The number of carbonyl (C=O) groups is 2. The van der Waals surface area contributed by atoms with Crippen molar-refractivity contribution in [3.63, 3.8) is 0 Å². The molecule has 1 unspecified atom stereocenters. The lowest BCUT2D eigenvalue weighted by molar-refractivity contribution is -0.127. The lowest BCUT2D eigenvalue weighted by Crippen LogP contribution is -2.37. The zero-order valence-electron chi connectivity index (χ0n) is 20.7. The monoisotopic (exact) mass is 527 g/mol. The summed E-state index contributed by atoms with van der Waals surface area (Å²) in [7, 11) is 3.18. The second-order valence-corrected chi connectivity index (χ2v) is 8.93. The summed E-state index contributed by atoms with van der Waals surface area (Å²) < 4.78 is 23.9. The first-order valence-corrected chi connectivity index (χ1v) is 12.0. The zero-order valence-corrected chi connectivity index (χ0v) is 21.5. The van der Waals surface area contributed by atoms with Gasteiger partial charge < -0.3 is 25.3 Å². The van der Waals surface area contributed by atoms with Crippen molar-refractivity contribution in [3.05, 3.63) is 52.7 Å². The van der Waals surface area contributed by atoms with Crippen LogP contribution in [0, 0.1) is 17.7 Å². The summed E-state index contributed by atoms with van der Waals surface area (Å²) in [4.78, 5) is 30.6. The van der Waals surface area contributed by atoms with Crippen LogP contribution in [0.5, 0.6) is 0 Å². The number of rotatable bonds is 7. The minimum Gasteiger partial charge on any atom is -0.383 e. The van der Waals surface area contributed by atoms with Gasteiger partial charge >= 0.3 is 0 Å². The van der Waals surface area contributed by atoms with Crippen molar-refractivity contribution in [1.82, 2.24) is 24.2 Å². The number of carbonyl (C=O) groups excluding carboxylic acids is 2. The molecule has 0 aliphatic carbocycles. The molecule has 0 spiro atoms. The maximum absolute atomic E-state index is 15.3. The normalized spacial score (nSPS) is 17.1. The predicted octanol–water partition coefficient (Wildman–Crippen LogP) is 2.56. The molecule has 194 valence electrons. The van der Waals surface area contributed by atoms with Gasteiger partial charge in [0, 0.05) is 27.2 Å². The summed E-state index contributed by atoms with van der Waals surface area (Å²) in [5, 5.41) is 7.62. The van der Waals surface area contributed by atoms with Crippen molar-refractivity contribution in [3.8, 4) is 11.8 Å². The average molecular weight is 528 g/mol. The fraction of sp³-hybridized carbons (Fsp3) is 0.360. The van der Waals surface area contributed by atoms with Crippen molar-refractivity contribution in [2.75, 3.05) is 32.6 Å². The quantitative estimate of drug-likeness (QED) is 0.360. The summed E-state index contributed by atoms with van der Waals surface area (Å²) in [6.45, 7) is 6.73. The van der Waals surface area contributed by atoms with Gasteiger partial charge in [0.15, 0.2) is 11.5 Å². The molecule has 1 aliphatic rings. The number of imidazole rings is 1. The summed E-state index contributed by atoms with van der Waals surface area (Å²) in [6.07, 6.45) is 3.30. The van der Waals surface area contributed by atoms with Crippen molar-refractivity contribution >= 4 is 40.3 Å². The van der Waals surface area contributed by atoms with Crippen LogP contribution in [0.25, 0.3) is 11.0 Å². The van der Waals surface area contributed by atoms with Crippen LogP contribution in [0.15, 0.2) is 25.0 Å². The summed E-state index contributed by atoms with van der Waals surface area (Å²) in [5.74, 6) is 4.19. The Morgan fingerprint density at radius 2 is 2.19 bits per heavy atom. The minimum absolute atomic E-state index is 0.0552. The molecule has 1 saturated heterocycles. The molecule has 0 saturated carbocycles. The standard InChI is InChI=1S/C25H27ClFN7O3/c1-5-20(35)33-11-14(9-15(33)12-37-4)34-25(29-3)21(24(28)36)18(31-34)8-7-16-17(26)10-19-23(22(16)27)30-13-32(19)6-2/h5,10,13-15,29H,1,6,9,11-12H2,2-4H3,(H2,28,36)/t14?,15-/m1/s1. The van der Waals surface area contributed by atoms with E-state index in [2.05, 4.69) is 33.8 Å². The van der Waals surface area contributed by atoms with E-state index in [1.54, 1.807) is 34.4 Å². The number of fused-ring (bicyclic) bond motifs is 1. The van der Waals surface area contributed by atoms with Gasteiger partial charge in [-0.2, -0.15) is 5.10 Å². The topological polar surface area (TPSA) is 120 Å². The Morgan fingerprint density at radius 3 is 2.81 bits per heavy atom. The number of hydrogen-bond donors (Lipinski definition) is 2. The fourth-order valence-electron chi connectivity index (χ4n) is 4.68. The van der Waals surface area contributed by atoms with Crippen LogP contribution in [0.2, 0.25) is 5.02 Å². The van der Waals surface area contributed by atoms with Crippen LogP contribution in [-0.2, 0) is 16.1 Å². The molecule has 1 aromatic carbocycles. The summed E-state index contributed by atoms with van der Waals surface area (Å²) in [6, 6.07) is 1.10. The van der Waals surface area contributed by atoms with Crippen LogP contribution in [0.1, 0.15) is 41.0 Å². The molecule has 0 bridgehead atoms. The van der Waals surface area contributed by atoms with E-state index in [1.165, 1.54) is 12.4 Å². The number of hydrogen-bond acceptors (Lipinski definition) is 6. The number of nitrogens with zero attached hydrogens (tertiary/aromatic N) is 5. The highest BCUT2D eigenvalue weighted by molar-refractivity contribution is 6.32. The highest BCUT2D eigenvalue weighted by atomic mass is 35.5. The van der Waals surface area contributed by atoms with Crippen molar-refractivity contribution in [2.45, 2.75) is 32.0 Å². The predicted molar refractivity (Wildman–Crippen MR) is 138 cm³/mol. The van der Waals surface area contributed by atoms with Crippen LogP contribution >= 0.6 is 11.6 Å². The number of anilines is 1. The first-order chi connectivity index (χ1) is 17.7. The lowest BCUT2D eigenvalue weighted by atomic mass is 10.1. The maximum Gasteiger partial charge on any atom is 0.255 e. The Balaban J connectivity index is 1.78. The highest BCUT2D eigenvalue weighted by Crippen LogP contribution is 2.33. The molecule has 2 atom stereocenters. The number of halogens is 2. The number of aromatic nitrogens is 4. The second kappa shape index (κ2) is 10.6. The molecular formula is C25H27ClFN7O3. The molecule has 0 radical (unpaired) electrons. The Labute approximate surface area is 218 Å². The molecule has 4 rings (SSSR count). The largest absolute Gasteiger partial charge is 0.383 e. The number of ether oxygens (including phenoxy) is 1. The highest BCUT2D eigenvalue weighted by Gasteiger charge is 2.37. The number of nitrogens with two attached hydrogens (primary N) is 1. The molecule has 3 aromatic rings. The van der Waals surface area contributed by atoms with Crippen molar-refractivity contribution in [1.29, 1.82) is 0 Å². The van der Waals surface area contributed by atoms with E-state index >= 15 is 4.39 Å². The van der Waals surface area contributed by atoms with Gasteiger partial charge in [0.1, 0.15) is 16.9 Å². The molecule has 2 amide bonds. The Hall–Kier alpha value is -3.88. The van der Waals surface area contributed by atoms with E-state index in [9.17, 15) is 9.59 Å². The van der Waals surface area contributed by atoms with Crippen LogP contribution in [0.3, 0.4) is 0 Å². The fourth-order valence-corrected chi connectivity index (χ4v) is 4.92. The average Bonchev–Trinajstić information content (AvgIpc) is 3.58. The van der Waals surface area contributed by atoms with Crippen LogP contribution < -0.4 is 11.1 Å². The van der Waals surface area contributed by atoms with E-state index in [1.807, 2.05) is 6.92 Å². The number of primary amides is 1. The second-order valence-electron chi connectivity index (χ2n) is 8.52. The molecule has 12 heteroatoms. The van der Waals surface area contributed by atoms with Gasteiger partial charge in [-0.05, 0) is 31.4 Å². The third-order valence-corrected chi connectivity index (χ3v) is 6.70. The summed E-state index contributed by atoms with van der Waals surface area (Å²) in [5.41, 5.74) is 6.44. The molecule has 3 heterocycles. The van der Waals surface area contributed by atoms with E-state index in [0.29, 0.717) is 37.5 Å². The van der Waals surface area contributed by atoms with Crippen molar-refractivity contribution < 1.29 is 18.7 Å². The van der Waals surface area contributed by atoms with Gasteiger partial charge in [0.25, 0.3) is 5.91 Å². The third kappa shape index (κ3) is 4.65. The number of amides is 2. The number of benzene rings is 1. The van der Waals surface area contributed by atoms with Gasteiger partial charge in [0.2, 0.25) is 5.91 Å². The first kappa shape index (κ1) is 26.2. The molecule has 2 aromatic heterocycles. The summed E-state index contributed by atoms with van der Waals surface area (Å²) >= 11 is 6.36. The van der Waals surface area contributed by atoms with Gasteiger partial charge in [-0.15, -0.1) is 0 Å². The number of methoxy groups -OCH3 is 1. The third-order valence-electron chi connectivity index (χ3n) is 6.40. The zero-order chi connectivity index (χ0) is 26.9. The van der Waals surface area contributed by atoms with E-state index in [-0.39, 0.29) is 45.4 Å². The molecule has 1 fully saturated rings. The maximum atomic E-state index is 15.3. The molecular weight excluding hydrogens is 501 g/mol. The van der Waals surface area contributed by atoms with Gasteiger partial charge in [-0.1, -0.05) is 24.1 Å². The van der Waals surface area contributed by atoms with Crippen LogP contribution in [-0.4, -0.2) is 69.4 Å². The minimum atomic E-state index is -0.755.